The summed E-state index contributed by atoms with van der Waals surface area (Å²) in [6.07, 6.45) is 47.1. The number of carboxylic acids is 1. The third-order valence-corrected chi connectivity index (χ3v) is 11.9. The molecule has 0 aromatic carbocycles. The molecule has 1 aliphatic heterocycles. The van der Waals surface area contributed by atoms with E-state index in [-0.39, 0.29) is 25.9 Å². The smallest absolute Gasteiger partial charge is 0.335 e. The molecule has 0 aliphatic carbocycles. The number of esters is 3. The lowest BCUT2D eigenvalue weighted by Crippen LogP contribution is -2.61. The second kappa shape index (κ2) is 46.9. The molecule has 1 rings (SSSR count). The third-order valence-electron chi connectivity index (χ3n) is 11.9. The van der Waals surface area contributed by atoms with Crippen LogP contribution in [0, 0.1) is 0 Å². The summed E-state index contributed by atoms with van der Waals surface area (Å²) in [5.74, 6) is -3.19. The predicted octanol–water partition coefficient (Wildman–Crippen LogP) is 13.6. The minimum atomic E-state index is -1.92. The van der Waals surface area contributed by atoms with Crippen LogP contribution in [0.3, 0.4) is 0 Å². The van der Waals surface area contributed by atoms with Crippen molar-refractivity contribution in [3.63, 3.8) is 0 Å². The van der Waals surface area contributed by atoms with Gasteiger partial charge in [-0.1, -0.05) is 189 Å². The van der Waals surface area contributed by atoms with Crippen LogP contribution in [0.25, 0.3) is 0 Å². The number of aliphatic hydroxyl groups is 2. The number of carbonyl (C=O) groups is 4. The van der Waals surface area contributed by atoms with Crippen molar-refractivity contribution in [2.75, 3.05) is 13.2 Å². The molecule has 0 spiro atoms. The number of allylic oxidation sites excluding steroid dienone is 14. The molecular weight excluding hydrogens is 901 g/mol. The van der Waals surface area contributed by atoms with Crippen molar-refractivity contribution in [2.45, 2.75) is 250 Å². The van der Waals surface area contributed by atoms with E-state index in [0.717, 1.165) is 122 Å². The fraction of sp³-hybridized carbons (Fsp3) is 0.695. The Balaban J connectivity index is 2.70. The van der Waals surface area contributed by atoms with Crippen LogP contribution in [0.1, 0.15) is 213 Å². The Morgan fingerprint density at radius 1 is 0.479 bits per heavy atom. The highest BCUT2D eigenvalue weighted by molar-refractivity contribution is 5.74. The highest BCUT2D eigenvalue weighted by Gasteiger charge is 2.50. The molecule has 12 heteroatoms. The van der Waals surface area contributed by atoms with Crippen molar-refractivity contribution in [3.8, 4) is 0 Å². The number of hydrogen-bond donors (Lipinski definition) is 3. The van der Waals surface area contributed by atoms with Gasteiger partial charge in [0.25, 0.3) is 0 Å². The summed E-state index contributed by atoms with van der Waals surface area (Å²) in [4.78, 5) is 50.9. The number of unbranched alkanes of at least 4 members (excludes halogenated alkanes) is 17. The molecule has 1 saturated heterocycles. The Hall–Kier alpha value is -4.10. The minimum absolute atomic E-state index is 0.0176. The van der Waals surface area contributed by atoms with Crippen LogP contribution < -0.4 is 0 Å². The Morgan fingerprint density at radius 3 is 1.42 bits per heavy atom. The van der Waals surface area contributed by atoms with E-state index >= 15 is 0 Å². The van der Waals surface area contributed by atoms with Crippen molar-refractivity contribution in [1.82, 2.24) is 0 Å². The first-order chi connectivity index (χ1) is 34.6. The van der Waals surface area contributed by atoms with Gasteiger partial charge < -0.3 is 39.0 Å². The summed E-state index contributed by atoms with van der Waals surface area (Å²) in [7, 11) is 0. The highest BCUT2D eigenvalue weighted by atomic mass is 16.7. The number of aliphatic carboxylic acids is 1. The number of aliphatic hydroxyl groups excluding tert-OH is 2. The maximum atomic E-state index is 13.0. The number of ether oxygens (including phenoxy) is 5. The molecule has 0 aromatic heterocycles. The molecule has 3 N–H and O–H groups in total. The van der Waals surface area contributed by atoms with Crippen LogP contribution in [0.4, 0.5) is 0 Å². The molecule has 0 aromatic rings. The Morgan fingerprint density at radius 2 is 0.915 bits per heavy atom. The van der Waals surface area contributed by atoms with E-state index in [1.54, 1.807) is 0 Å². The van der Waals surface area contributed by atoms with E-state index in [2.05, 4.69) is 106 Å². The van der Waals surface area contributed by atoms with Gasteiger partial charge in [0, 0.05) is 19.3 Å². The molecule has 6 unspecified atom stereocenters. The van der Waals surface area contributed by atoms with E-state index in [9.17, 15) is 34.5 Å². The van der Waals surface area contributed by atoms with Gasteiger partial charge in [-0.05, 0) is 89.9 Å². The van der Waals surface area contributed by atoms with E-state index in [4.69, 9.17) is 23.7 Å². The zero-order chi connectivity index (χ0) is 51.8. The van der Waals surface area contributed by atoms with Gasteiger partial charge in [0.1, 0.15) is 18.8 Å². The molecule has 12 nitrogen and oxygen atoms in total. The highest BCUT2D eigenvalue weighted by Crippen LogP contribution is 2.26. The van der Waals surface area contributed by atoms with Crippen molar-refractivity contribution in [1.29, 1.82) is 0 Å². The average Bonchev–Trinajstić information content (AvgIpc) is 3.35. The summed E-state index contributed by atoms with van der Waals surface area (Å²) in [6, 6.07) is 0. The van der Waals surface area contributed by atoms with Gasteiger partial charge >= 0.3 is 23.9 Å². The molecule has 0 saturated carbocycles. The lowest BCUT2D eigenvalue weighted by Gasteiger charge is -2.40. The Bertz CT molecular complexity index is 1560. The maximum Gasteiger partial charge on any atom is 0.335 e. The van der Waals surface area contributed by atoms with Gasteiger partial charge in [0.15, 0.2) is 24.6 Å². The largest absolute Gasteiger partial charge is 0.479 e. The summed E-state index contributed by atoms with van der Waals surface area (Å²) in [6.45, 7) is 5.74. The SMILES string of the molecule is CC/C=C\C/C=C\C/C=C\C/C=C\C/C=C\CCCCCC(=O)OC1C(OCC(COC(=O)CCCCCCC/C=C\C/C=C\CCC)OC(=O)CCCCCCCCCCC)OC(C(=O)O)C(O)C1O. The molecule has 6 atom stereocenters. The van der Waals surface area contributed by atoms with E-state index in [1.165, 1.54) is 32.1 Å². The maximum absolute atomic E-state index is 13.0. The molecule has 0 amide bonds. The number of carboxylic acid groups (broad SMARTS) is 1. The van der Waals surface area contributed by atoms with E-state index < -0.39 is 67.3 Å². The first-order valence-corrected chi connectivity index (χ1v) is 27.6. The van der Waals surface area contributed by atoms with Crippen molar-refractivity contribution >= 4 is 23.9 Å². The standard InChI is InChI=1S/C59H96O12/c1-4-7-10-13-16-19-21-23-24-25-26-27-28-30-32-35-38-41-44-47-53(62)70-57-55(64)54(63)56(58(65)66)71-59(57)68-49-50(69-52(61)46-43-40-37-33-18-15-12-9-6-3)48-67-51(60)45-42-39-36-34-31-29-22-20-17-14-11-8-5-2/h7,10-11,14,16,19-20,22-24,26-27,30,32,50,54-57,59,63-64H,4-6,8-9,12-13,15,17-18,21,25,28-29,31,33-49H2,1-3H3,(H,65,66)/b10-7-,14-11-,19-16-,22-20-,24-23-,27-26-,32-30-. The molecule has 1 heterocycles. The van der Waals surface area contributed by atoms with Crippen LogP contribution in [0.2, 0.25) is 0 Å². The minimum Gasteiger partial charge on any atom is -0.479 e. The monoisotopic (exact) mass is 997 g/mol. The van der Waals surface area contributed by atoms with Gasteiger partial charge in [-0.2, -0.15) is 0 Å². The molecule has 1 fully saturated rings. The van der Waals surface area contributed by atoms with Crippen molar-refractivity contribution in [3.05, 3.63) is 85.1 Å². The molecule has 1 aliphatic rings. The summed E-state index contributed by atoms with van der Waals surface area (Å²) >= 11 is 0. The zero-order valence-electron chi connectivity index (χ0n) is 44.2. The van der Waals surface area contributed by atoms with Crippen LogP contribution in [0.5, 0.6) is 0 Å². The fourth-order valence-electron chi connectivity index (χ4n) is 7.72. The summed E-state index contributed by atoms with van der Waals surface area (Å²) in [5.41, 5.74) is 0. The second-order valence-corrected chi connectivity index (χ2v) is 18.5. The predicted molar refractivity (Wildman–Crippen MR) is 284 cm³/mol. The molecule has 0 bridgehead atoms. The molecule has 71 heavy (non-hydrogen) atoms. The first kappa shape index (κ1) is 64.9. The normalized spacial score (nSPS) is 19.1. The lowest BCUT2D eigenvalue weighted by molar-refractivity contribution is -0.301. The average molecular weight is 997 g/mol. The molecular formula is C59H96O12. The van der Waals surface area contributed by atoms with Gasteiger partial charge in [-0.15, -0.1) is 0 Å². The van der Waals surface area contributed by atoms with Gasteiger partial charge in [-0.3, -0.25) is 14.4 Å². The number of hydrogen-bond acceptors (Lipinski definition) is 11. The van der Waals surface area contributed by atoms with Gasteiger partial charge in [0.2, 0.25) is 0 Å². The van der Waals surface area contributed by atoms with Crippen LogP contribution >= 0.6 is 0 Å². The van der Waals surface area contributed by atoms with Crippen LogP contribution in [-0.2, 0) is 42.9 Å². The molecule has 0 radical (unpaired) electrons. The van der Waals surface area contributed by atoms with Crippen LogP contribution in [0.15, 0.2) is 85.1 Å². The van der Waals surface area contributed by atoms with Gasteiger partial charge in [0.05, 0.1) is 6.61 Å². The zero-order valence-corrected chi connectivity index (χ0v) is 44.2. The van der Waals surface area contributed by atoms with Crippen molar-refractivity contribution in [2.24, 2.45) is 0 Å². The lowest BCUT2D eigenvalue weighted by atomic mass is 9.98. The quantitative estimate of drug-likeness (QED) is 0.0228. The van der Waals surface area contributed by atoms with Crippen molar-refractivity contribution < 1.29 is 58.2 Å². The fourth-order valence-corrected chi connectivity index (χ4v) is 7.72. The summed E-state index contributed by atoms with van der Waals surface area (Å²) < 4.78 is 28.3. The second-order valence-electron chi connectivity index (χ2n) is 18.5. The topological polar surface area (TPSA) is 175 Å². The Kier molecular flexibility index (Phi) is 42.9. The van der Waals surface area contributed by atoms with Crippen LogP contribution in [-0.4, -0.2) is 89.2 Å². The Labute approximate surface area is 429 Å². The first-order valence-electron chi connectivity index (χ1n) is 27.6. The number of rotatable bonds is 45. The molecule has 404 valence electrons. The third kappa shape index (κ3) is 37.3. The van der Waals surface area contributed by atoms with E-state index in [1.807, 2.05) is 0 Å². The number of carbonyl (C=O) groups excluding carboxylic acids is 3. The van der Waals surface area contributed by atoms with E-state index in [0.29, 0.717) is 19.3 Å². The summed E-state index contributed by atoms with van der Waals surface area (Å²) in [5, 5.41) is 31.4. The van der Waals surface area contributed by atoms with Gasteiger partial charge in [-0.25, -0.2) is 4.79 Å².